The van der Waals surface area contributed by atoms with Gasteiger partial charge in [-0.05, 0) is 69.4 Å². The molecule has 0 amide bonds. The van der Waals surface area contributed by atoms with Crippen LogP contribution in [0.2, 0.25) is 18.1 Å². The SMILES string of the molecule is C=CC[C@H](OCc1ccc(OC)cc1)[C@@H]1OC(C)(C)O[C@H]1/C=C\C[C@H](C)O[Si](C)(C)C(C)(C)C. The Hall–Kier alpha value is -1.44. The molecule has 0 spiro atoms. The van der Waals surface area contributed by atoms with Crippen molar-refractivity contribution < 1.29 is 23.4 Å². The van der Waals surface area contributed by atoms with Crippen LogP contribution in [0.3, 0.4) is 0 Å². The van der Waals surface area contributed by atoms with Crippen LogP contribution in [-0.4, -0.2) is 45.6 Å². The van der Waals surface area contributed by atoms with Gasteiger partial charge in [0.25, 0.3) is 0 Å². The van der Waals surface area contributed by atoms with E-state index in [9.17, 15) is 0 Å². The lowest BCUT2D eigenvalue weighted by atomic mass is 10.0. The van der Waals surface area contributed by atoms with E-state index in [0.29, 0.717) is 13.0 Å². The van der Waals surface area contributed by atoms with Gasteiger partial charge in [0.05, 0.1) is 19.8 Å². The van der Waals surface area contributed by atoms with Gasteiger partial charge in [0.2, 0.25) is 0 Å². The number of rotatable bonds is 12. The highest BCUT2D eigenvalue weighted by molar-refractivity contribution is 6.74. The summed E-state index contributed by atoms with van der Waals surface area (Å²) in [6.07, 6.45) is 7.22. The van der Waals surface area contributed by atoms with Gasteiger partial charge in [0.1, 0.15) is 18.0 Å². The Balaban J connectivity index is 2.04. The second-order valence-corrected chi connectivity index (χ2v) is 15.9. The molecule has 0 radical (unpaired) electrons. The van der Waals surface area contributed by atoms with E-state index >= 15 is 0 Å². The van der Waals surface area contributed by atoms with Gasteiger partial charge in [0, 0.05) is 6.10 Å². The molecule has 0 aromatic heterocycles. The highest BCUT2D eigenvalue weighted by Gasteiger charge is 2.44. The predicted octanol–water partition coefficient (Wildman–Crippen LogP) is 7.03. The summed E-state index contributed by atoms with van der Waals surface area (Å²) in [4.78, 5) is 0. The van der Waals surface area contributed by atoms with E-state index in [1.54, 1.807) is 7.11 Å². The molecule has 2 rings (SSSR count). The summed E-state index contributed by atoms with van der Waals surface area (Å²) in [5, 5.41) is 0.196. The van der Waals surface area contributed by atoms with Crippen molar-refractivity contribution >= 4 is 8.32 Å². The van der Waals surface area contributed by atoms with Crippen molar-refractivity contribution in [1.82, 2.24) is 0 Å². The van der Waals surface area contributed by atoms with E-state index in [2.05, 4.69) is 59.5 Å². The Morgan fingerprint density at radius 3 is 2.32 bits per heavy atom. The third kappa shape index (κ3) is 8.35. The first kappa shape index (κ1) is 28.8. The molecule has 0 bridgehead atoms. The van der Waals surface area contributed by atoms with Gasteiger partial charge in [-0.3, -0.25) is 0 Å². The Morgan fingerprint density at radius 1 is 1.12 bits per heavy atom. The lowest BCUT2D eigenvalue weighted by Crippen LogP contribution is -2.43. The van der Waals surface area contributed by atoms with Crippen molar-refractivity contribution in [2.75, 3.05) is 7.11 Å². The van der Waals surface area contributed by atoms with Crippen LogP contribution in [0.25, 0.3) is 0 Å². The molecule has 1 heterocycles. The lowest BCUT2D eigenvalue weighted by molar-refractivity contribution is -0.159. The van der Waals surface area contributed by atoms with Gasteiger partial charge in [0.15, 0.2) is 14.1 Å². The standard InChI is InChI=1S/C28H46O5Si/c1-11-13-24(30-20-22-16-18-23(29-8)19-17-22)26-25(31-28(6,7)32-26)15-12-14-21(2)33-34(9,10)27(3,4)5/h11-12,15-19,21,24-26H,1,13-14,20H2,2-10H3/b15-12-/t21-,24-,25-,26-/m0/s1. The molecule has 1 saturated heterocycles. The average molecular weight is 491 g/mol. The maximum Gasteiger partial charge on any atom is 0.192 e. The van der Waals surface area contributed by atoms with E-state index < -0.39 is 14.1 Å². The van der Waals surface area contributed by atoms with Gasteiger partial charge < -0.3 is 23.4 Å². The zero-order chi connectivity index (χ0) is 25.6. The number of hydrogen-bond donors (Lipinski definition) is 0. The third-order valence-electron chi connectivity index (χ3n) is 6.65. The minimum atomic E-state index is -1.79. The number of hydrogen-bond acceptors (Lipinski definition) is 5. The molecule has 4 atom stereocenters. The molecule has 192 valence electrons. The molecular formula is C28H46O5Si. The Labute approximate surface area is 208 Å². The van der Waals surface area contributed by atoms with Crippen molar-refractivity contribution in [3.05, 3.63) is 54.6 Å². The van der Waals surface area contributed by atoms with E-state index in [0.717, 1.165) is 17.7 Å². The van der Waals surface area contributed by atoms with Crippen LogP contribution >= 0.6 is 0 Å². The molecule has 1 aromatic rings. The molecule has 1 aliphatic heterocycles. The molecule has 1 aliphatic rings. The summed E-state index contributed by atoms with van der Waals surface area (Å²) in [5.74, 6) is 0.156. The van der Waals surface area contributed by atoms with Crippen LogP contribution in [0.5, 0.6) is 5.75 Å². The van der Waals surface area contributed by atoms with Crippen molar-refractivity contribution in [3.8, 4) is 5.75 Å². The molecule has 1 fully saturated rings. The third-order valence-corrected chi connectivity index (χ3v) is 11.3. The van der Waals surface area contributed by atoms with Crippen LogP contribution in [0.1, 0.15) is 59.9 Å². The minimum absolute atomic E-state index is 0.154. The molecule has 5 nitrogen and oxygen atoms in total. The Morgan fingerprint density at radius 2 is 1.76 bits per heavy atom. The largest absolute Gasteiger partial charge is 0.497 e. The Bertz CT molecular complexity index is 794. The summed E-state index contributed by atoms with van der Waals surface area (Å²) in [6, 6.07) is 7.91. The van der Waals surface area contributed by atoms with Crippen LogP contribution < -0.4 is 4.74 Å². The zero-order valence-corrected chi connectivity index (χ0v) is 23.7. The van der Waals surface area contributed by atoms with Crippen LogP contribution in [0.15, 0.2) is 49.1 Å². The molecule has 0 N–H and O–H groups in total. The molecule has 1 aromatic carbocycles. The highest BCUT2D eigenvalue weighted by Crippen LogP contribution is 2.38. The average Bonchev–Trinajstić information content (AvgIpc) is 3.04. The van der Waals surface area contributed by atoms with Gasteiger partial charge in [-0.1, -0.05) is 51.1 Å². The number of methoxy groups -OCH3 is 1. The maximum atomic E-state index is 6.49. The van der Waals surface area contributed by atoms with E-state index in [-0.39, 0.29) is 29.5 Å². The lowest BCUT2D eigenvalue weighted by Gasteiger charge is -2.38. The van der Waals surface area contributed by atoms with Crippen LogP contribution in [-0.2, 0) is 25.2 Å². The second-order valence-electron chi connectivity index (χ2n) is 11.1. The molecule has 6 heteroatoms. The topological polar surface area (TPSA) is 46.2 Å². The summed E-state index contributed by atoms with van der Waals surface area (Å²) in [7, 11) is -0.127. The number of ether oxygens (including phenoxy) is 4. The molecular weight excluding hydrogens is 444 g/mol. The fraction of sp³-hybridized carbons (Fsp3) is 0.643. The van der Waals surface area contributed by atoms with Gasteiger partial charge in [-0.15, -0.1) is 6.58 Å². The quantitative estimate of drug-likeness (QED) is 0.232. The van der Waals surface area contributed by atoms with Crippen molar-refractivity contribution in [1.29, 1.82) is 0 Å². The highest BCUT2D eigenvalue weighted by atomic mass is 28.4. The van der Waals surface area contributed by atoms with E-state index in [4.69, 9.17) is 23.4 Å². The second kappa shape index (κ2) is 12.0. The monoisotopic (exact) mass is 490 g/mol. The summed E-state index contributed by atoms with van der Waals surface area (Å²) < 4.78 is 30.6. The summed E-state index contributed by atoms with van der Waals surface area (Å²) in [6.45, 7) is 21.8. The fourth-order valence-corrected chi connectivity index (χ4v) is 5.23. The first-order valence-electron chi connectivity index (χ1n) is 12.3. The first-order valence-corrected chi connectivity index (χ1v) is 15.2. The predicted molar refractivity (Wildman–Crippen MR) is 142 cm³/mol. The van der Waals surface area contributed by atoms with Crippen LogP contribution in [0.4, 0.5) is 0 Å². The molecule has 34 heavy (non-hydrogen) atoms. The Kier molecular flexibility index (Phi) is 10.2. The van der Waals surface area contributed by atoms with Gasteiger partial charge >= 0.3 is 0 Å². The van der Waals surface area contributed by atoms with Crippen LogP contribution in [0, 0.1) is 0 Å². The fourth-order valence-electron chi connectivity index (χ4n) is 3.77. The normalized spacial score (nSPS) is 22.6. The van der Waals surface area contributed by atoms with Gasteiger partial charge in [-0.25, -0.2) is 0 Å². The van der Waals surface area contributed by atoms with E-state index in [1.807, 2.05) is 44.2 Å². The number of benzene rings is 1. The molecule has 0 unspecified atom stereocenters. The smallest absolute Gasteiger partial charge is 0.192 e. The maximum absolute atomic E-state index is 6.49. The van der Waals surface area contributed by atoms with Gasteiger partial charge in [-0.2, -0.15) is 0 Å². The van der Waals surface area contributed by atoms with E-state index in [1.165, 1.54) is 0 Å². The minimum Gasteiger partial charge on any atom is -0.497 e. The van der Waals surface area contributed by atoms with Crippen molar-refractivity contribution in [2.24, 2.45) is 0 Å². The summed E-state index contributed by atoms with van der Waals surface area (Å²) in [5.41, 5.74) is 1.08. The first-order chi connectivity index (χ1) is 15.8. The summed E-state index contributed by atoms with van der Waals surface area (Å²) >= 11 is 0. The molecule has 0 aliphatic carbocycles. The van der Waals surface area contributed by atoms with Crippen molar-refractivity contribution in [2.45, 2.75) is 109 Å². The van der Waals surface area contributed by atoms with Crippen molar-refractivity contribution in [3.63, 3.8) is 0 Å². The molecule has 0 saturated carbocycles. The zero-order valence-electron chi connectivity index (χ0n) is 22.7.